The number of pyridine rings is 1. The van der Waals surface area contributed by atoms with E-state index in [4.69, 9.17) is 0 Å². The van der Waals surface area contributed by atoms with E-state index in [1.165, 1.54) is 0 Å². The Bertz CT molecular complexity index is 398. The molecule has 18 heavy (non-hydrogen) atoms. The Morgan fingerprint density at radius 2 is 2.33 bits per heavy atom. The van der Waals surface area contributed by atoms with Crippen LogP contribution in [0.25, 0.3) is 0 Å². The summed E-state index contributed by atoms with van der Waals surface area (Å²) in [7, 11) is 0. The minimum absolute atomic E-state index is 0.263. The molecule has 5 heteroatoms. The van der Waals surface area contributed by atoms with Crippen molar-refractivity contribution in [3.8, 4) is 0 Å². The monoisotopic (exact) mass is 255 g/mol. The van der Waals surface area contributed by atoms with Gasteiger partial charge in [0.2, 0.25) is 0 Å². The number of nitrogens with one attached hydrogen (secondary N) is 1. The van der Waals surface area contributed by atoms with Crippen LogP contribution in [0.5, 0.6) is 0 Å². The van der Waals surface area contributed by atoms with Crippen LogP contribution < -0.4 is 10.2 Å². The Labute approximate surface area is 106 Å². The molecule has 1 unspecified atom stereocenters. The van der Waals surface area contributed by atoms with Gasteiger partial charge in [-0.05, 0) is 25.8 Å². The second kappa shape index (κ2) is 6.09. The van der Waals surface area contributed by atoms with E-state index in [2.05, 4.69) is 17.2 Å². The molecule has 1 atom stereocenters. The number of rotatable bonds is 4. The van der Waals surface area contributed by atoms with Crippen LogP contribution in [0.15, 0.2) is 12.3 Å². The Morgan fingerprint density at radius 3 is 3.06 bits per heavy atom. The lowest BCUT2D eigenvalue weighted by molar-refractivity contribution is 0.417. The first-order valence-corrected chi connectivity index (χ1v) is 6.50. The Balaban J connectivity index is 2.03. The highest BCUT2D eigenvalue weighted by Crippen LogP contribution is 2.21. The minimum Gasteiger partial charge on any atom is -0.353 e. The van der Waals surface area contributed by atoms with Gasteiger partial charge in [0.15, 0.2) is 11.6 Å². The van der Waals surface area contributed by atoms with Crippen molar-refractivity contribution in [2.75, 3.05) is 24.5 Å². The summed E-state index contributed by atoms with van der Waals surface area (Å²) < 4.78 is 26.5. The zero-order chi connectivity index (χ0) is 13.0. The standard InChI is InChI=1S/C13H19F2N3/c1-2-5-16-11-4-3-6-18(9-11)13-12(15)7-10(14)8-17-13/h7-8,11,16H,2-6,9H2,1H3. The van der Waals surface area contributed by atoms with Gasteiger partial charge >= 0.3 is 0 Å². The van der Waals surface area contributed by atoms with Crippen LogP contribution in [-0.2, 0) is 0 Å². The lowest BCUT2D eigenvalue weighted by atomic mass is 10.1. The Hall–Kier alpha value is -1.23. The van der Waals surface area contributed by atoms with Gasteiger partial charge in [0.1, 0.15) is 5.82 Å². The molecule has 0 bridgehead atoms. The van der Waals surface area contributed by atoms with Crippen molar-refractivity contribution in [3.63, 3.8) is 0 Å². The second-order valence-electron chi connectivity index (χ2n) is 4.70. The molecule has 0 aliphatic carbocycles. The summed E-state index contributed by atoms with van der Waals surface area (Å²) in [6, 6.07) is 1.26. The van der Waals surface area contributed by atoms with Crippen LogP contribution >= 0.6 is 0 Å². The molecule has 0 amide bonds. The molecule has 1 aromatic rings. The molecule has 1 saturated heterocycles. The summed E-state index contributed by atoms with van der Waals surface area (Å²) in [5.74, 6) is -0.945. The number of aromatic nitrogens is 1. The van der Waals surface area contributed by atoms with Crippen molar-refractivity contribution in [3.05, 3.63) is 23.9 Å². The van der Waals surface area contributed by atoms with E-state index < -0.39 is 11.6 Å². The first-order valence-electron chi connectivity index (χ1n) is 6.50. The van der Waals surface area contributed by atoms with Crippen molar-refractivity contribution in [2.45, 2.75) is 32.2 Å². The molecule has 100 valence electrons. The van der Waals surface area contributed by atoms with E-state index >= 15 is 0 Å². The fourth-order valence-electron chi connectivity index (χ4n) is 2.32. The van der Waals surface area contributed by atoms with E-state index in [0.29, 0.717) is 6.04 Å². The highest BCUT2D eigenvalue weighted by molar-refractivity contribution is 5.40. The van der Waals surface area contributed by atoms with Crippen LogP contribution in [0.1, 0.15) is 26.2 Å². The van der Waals surface area contributed by atoms with Crippen molar-refractivity contribution in [2.24, 2.45) is 0 Å². The molecule has 1 aromatic heterocycles. The molecule has 0 aromatic carbocycles. The van der Waals surface area contributed by atoms with Gasteiger partial charge < -0.3 is 10.2 Å². The Kier molecular flexibility index (Phi) is 4.47. The first-order chi connectivity index (χ1) is 8.70. The predicted molar refractivity (Wildman–Crippen MR) is 67.7 cm³/mol. The molecule has 1 aliphatic rings. The third-order valence-electron chi connectivity index (χ3n) is 3.19. The molecule has 1 fully saturated rings. The zero-order valence-electron chi connectivity index (χ0n) is 10.6. The van der Waals surface area contributed by atoms with E-state index in [9.17, 15) is 8.78 Å². The average molecular weight is 255 g/mol. The number of hydrogen-bond donors (Lipinski definition) is 1. The highest BCUT2D eigenvalue weighted by atomic mass is 19.1. The third-order valence-corrected chi connectivity index (χ3v) is 3.19. The summed E-state index contributed by atoms with van der Waals surface area (Å²) >= 11 is 0. The summed E-state index contributed by atoms with van der Waals surface area (Å²) in [4.78, 5) is 5.76. The molecule has 3 nitrogen and oxygen atoms in total. The minimum atomic E-state index is -0.631. The number of piperidine rings is 1. The van der Waals surface area contributed by atoms with Gasteiger partial charge in [0, 0.05) is 25.2 Å². The van der Waals surface area contributed by atoms with E-state index in [1.54, 1.807) is 0 Å². The van der Waals surface area contributed by atoms with Gasteiger partial charge in [-0.1, -0.05) is 6.92 Å². The average Bonchev–Trinajstić information content (AvgIpc) is 2.36. The molecule has 2 rings (SSSR count). The molecule has 0 saturated carbocycles. The van der Waals surface area contributed by atoms with E-state index in [1.807, 2.05) is 4.90 Å². The van der Waals surface area contributed by atoms with Gasteiger partial charge in [-0.3, -0.25) is 0 Å². The van der Waals surface area contributed by atoms with Crippen LogP contribution in [0, 0.1) is 11.6 Å². The maximum Gasteiger partial charge on any atom is 0.168 e. The van der Waals surface area contributed by atoms with E-state index in [0.717, 1.165) is 51.2 Å². The smallest absolute Gasteiger partial charge is 0.168 e. The van der Waals surface area contributed by atoms with Gasteiger partial charge in [-0.15, -0.1) is 0 Å². The van der Waals surface area contributed by atoms with Crippen molar-refractivity contribution >= 4 is 5.82 Å². The summed E-state index contributed by atoms with van der Waals surface area (Å²) in [5, 5.41) is 3.44. The number of halogens is 2. The molecule has 0 radical (unpaired) electrons. The normalized spacial score (nSPS) is 20.2. The van der Waals surface area contributed by atoms with Gasteiger partial charge in [-0.2, -0.15) is 0 Å². The molecular formula is C13H19F2N3. The van der Waals surface area contributed by atoms with Crippen LogP contribution in [-0.4, -0.2) is 30.7 Å². The van der Waals surface area contributed by atoms with Crippen molar-refractivity contribution in [1.29, 1.82) is 0 Å². The molecule has 1 N–H and O–H groups in total. The summed E-state index contributed by atoms with van der Waals surface area (Å²) in [6.45, 7) is 4.60. The SMILES string of the molecule is CCCNC1CCCN(c2ncc(F)cc2F)C1. The molecule has 1 aliphatic heterocycles. The largest absolute Gasteiger partial charge is 0.353 e. The quantitative estimate of drug-likeness (QED) is 0.895. The number of anilines is 1. The number of nitrogens with zero attached hydrogens (tertiary/aromatic N) is 2. The fourth-order valence-corrected chi connectivity index (χ4v) is 2.32. The highest BCUT2D eigenvalue weighted by Gasteiger charge is 2.22. The maximum atomic E-state index is 13.6. The molecule has 0 spiro atoms. The lowest BCUT2D eigenvalue weighted by Gasteiger charge is -2.34. The van der Waals surface area contributed by atoms with Gasteiger partial charge in [-0.25, -0.2) is 13.8 Å². The molecule has 2 heterocycles. The predicted octanol–water partition coefficient (Wildman–Crippen LogP) is 2.33. The summed E-state index contributed by atoms with van der Waals surface area (Å²) in [5.41, 5.74) is 0. The first kappa shape index (κ1) is 13.2. The van der Waals surface area contributed by atoms with Crippen molar-refractivity contribution in [1.82, 2.24) is 10.3 Å². The topological polar surface area (TPSA) is 28.2 Å². The van der Waals surface area contributed by atoms with Crippen LogP contribution in [0.3, 0.4) is 0 Å². The number of hydrogen-bond acceptors (Lipinski definition) is 3. The Morgan fingerprint density at radius 1 is 1.50 bits per heavy atom. The second-order valence-corrected chi connectivity index (χ2v) is 4.70. The molecular weight excluding hydrogens is 236 g/mol. The van der Waals surface area contributed by atoms with Crippen LogP contribution in [0.2, 0.25) is 0 Å². The van der Waals surface area contributed by atoms with Crippen LogP contribution in [0.4, 0.5) is 14.6 Å². The lowest BCUT2D eigenvalue weighted by Crippen LogP contribution is -2.46. The zero-order valence-corrected chi connectivity index (χ0v) is 10.6. The van der Waals surface area contributed by atoms with Gasteiger partial charge in [0.25, 0.3) is 0 Å². The van der Waals surface area contributed by atoms with E-state index in [-0.39, 0.29) is 5.82 Å². The third kappa shape index (κ3) is 3.16. The van der Waals surface area contributed by atoms with Crippen molar-refractivity contribution < 1.29 is 8.78 Å². The fraction of sp³-hybridized carbons (Fsp3) is 0.615. The van der Waals surface area contributed by atoms with Gasteiger partial charge in [0.05, 0.1) is 6.20 Å². The maximum absolute atomic E-state index is 13.6. The summed E-state index contributed by atoms with van der Waals surface area (Å²) in [6.07, 6.45) is 4.25.